The fraction of sp³-hybridized carbons (Fsp3) is 0.379. The summed E-state index contributed by atoms with van der Waals surface area (Å²) >= 11 is 0. The molecular weight excluding hydrogens is 532 g/mol. The van der Waals surface area contributed by atoms with Crippen molar-refractivity contribution in [2.75, 3.05) is 31.2 Å². The van der Waals surface area contributed by atoms with Crippen molar-refractivity contribution in [2.24, 2.45) is 0 Å². The van der Waals surface area contributed by atoms with Crippen LogP contribution in [-0.2, 0) is 14.4 Å². The van der Waals surface area contributed by atoms with E-state index >= 15 is 0 Å². The van der Waals surface area contributed by atoms with E-state index < -0.39 is 29.3 Å². The molecule has 1 unspecified atom stereocenters. The second kappa shape index (κ2) is 12.2. The van der Waals surface area contributed by atoms with E-state index in [-0.39, 0.29) is 25.5 Å². The molecular formula is C29H34N4O8. The first-order valence-corrected chi connectivity index (χ1v) is 13.0. The number of benzene rings is 2. The maximum absolute atomic E-state index is 14.0. The molecule has 0 radical (unpaired) electrons. The Morgan fingerprint density at radius 1 is 1.02 bits per heavy atom. The number of para-hydroxylation sites is 1. The van der Waals surface area contributed by atoms with Crippen molar-refractivity contribution in [3.05, 3.63) is 53.8 Å². The Balaban J connectivity index is 1.76. The standard InChI is InChI=1S/C29H34N4O8/c1-17-14-23(32-41-17)30-24(34)12-13-25(35)33(18-10-11-20-22(15-18)40-16-39-20)26(28(36)31-29(2,3)4)19-8-7-9-21(37-5)27(19)38-6/h7-11,14-15,26H,12-13,16H2,1-6H3,(H,31,36)(H,30,32,34). The zero-order valence-electron chi connectivity index (χ0n) is 23.9. The van der Waals surface area contributed by atoms with Crippen LogP contribution in [0, 0.1) is 6.92 Å². The number of fused-ring (bicyclic) bond motifs is 1. The monoisotopic (exact) mass is 566 g/mol. The molecule has 0 aliphatic carbocycles. The van der Waals surface area contributed by atoms with Gasteiger partial charge in [-0.1, -0.05) is 17.3 Å². The molecule has 12 heteroatoms. The first-order chi connectivity index (χ1) is 19.5. The fourth-order valence-electron chi connectivity index (χ4n) is 4.41. The topological polar surface area (TPSA) is 141 Å². The Bertz CT molecular complexity index is 1430. The number of anilines is 2. The summed E-state index contributed by atoms with van der Waals surface area (Å²) in [4.78, 5) is 42.0. The van der Waals surface area contributed by atoms with Crippen LogP contribution in [0.25, 0.3) is 0 Å². The Morgan fingerprint density at radius 2 is 1.78 bits per heavy atom. The summed E-state index contributed by atoms with van der Waals surface area (Å²) in [5.74, 6) is 1.01. The van der Waals surface area contributed by atoms with Crippen molar-refractivity contribution in [1.82, 2.24) is 10.5 Å². The van der Waals surface area contributed by atoms with Crippen LogP contribution in [0.15, 0.2) is 47.0 Å². The number of methoxy groups -OCH3 is 2. The Hall–Kier alpha value is -4.74. The lowest BCUT2D eigenvalue weighted by molar-refractivity contribution is -0.128. The highest BCUT2D eigenvalue weighted by atomic mass is 16.7. The van der Waals surface area contributed by atoms with Gasteiger partial charge in [0.1, 0.15) is 11.8 Å². The van der Waals surface area contributed by atoms with Gasteiger partial charge in [0.25, 0.3) is 0 Å². The average Bonchev–Trinajstić information content (AvgIpc) is 3.56. The van der Waals surface area contributed by atoms with Gasteiger partial charge in [-0.05, 0) is 45.9 Å². The minimum Gasteiger partial charge on any atom is -0.493 e. The molecule has 0 bridgehead atoms. The van der Waals surface area contributed by atoms with E-state index in [0.29, 0.717) is 40.0 Å². The first kappa shape index (κ1) is 29.2. The molecule has 0 saturated carbocycles. The Morgan fingerprint density at radius 3 is 2.44 bits per heavy atom. The second-order valence-electron chi connectivity index (χ2n) is 10.4. The van der Waals surface area contributed by atoms with Gasteiger partial charge in [-0.2, -0.15) is 0 Å². The molecule has 12 nitrogen and oxygen atoms in total. The van der Waals surface area contributed by atoms with Crippen molar-refractivity contribution in [1.29, 1.82) is 0 Å². The maximum Gasteiger partial charge on any atom is 0.248 e. The van der Waals surface area contributed by atoms with Crippen LogP contribution in [0.2, 0.25) is 0 Å². The van der Waals surface area contributed by atoms with Crippen molar-refractivity contribution in [2.45, 2.75) is 52.1 Å². The summed E-state index contributed by atoms with van der Waals surface area (Å²) in [6.07, 6.45) is -0.392. The Labute approximate surface area is 237 Å². The van der Waals surface area contributed by atoms with Crippen LogP contribution in [0.1, 0.15) is 51.0 Å². The van der Waals surface area contributed by atoms with Gasteiger partial charge in [0.2, 0.25) is 24.5 Å². The third kappa shape index (κ3) is 6.89. The van der Waals surface area contributed by atoms with Gasteiger partial charge in [0.05, 0.1) is 14.2 Å². The Kier molecular flexibility index (Phi) is 8.70. The fourth-order valence-corrected chi connectivity index (χ4v) is 4.41. The molecule has 0 spiro atoms. The normalized spacial score (nSPS) is 12.8. The number of hydrogen-bond acceptors (Lipinski definition) is 9. The van der Waals surface area contributed by atoms with Crippen molar-refractivity contribution >= 4 is 29.2 Å². The first-order valence-electron chi connectivity index (χ1n) is 13.0. The minimum atomic E-state index is -1.20. The van der Waals surface area contributed by atoms with Crippen LogP contribution >= 0.6 is 0 Å². The predicted molar refractivity (Wildman–Crippen MR) is 149 cm³/mol. The van der Waals surface area contributed by atoms with Gasteiger partial charge < -0.3 is 34.1 Å². The number of ether oxygens (including phenoxy) is 4. The molecule has 4 rings (SSSR count). The van der Waals surface area contributed by atoms with Crippen LogP contribution in [0.3, 0.4) is 0 Å². The number of rotatable bonds is 10. The smallest absolute Gasteiger partial charge is 0.248 e. The lowest BCUT2D eigenvalue weighted by atomic mass is 9.98. The van der Waals surface area contributed by atoms with E-state index in [1.807, 2.05) is 20.8 Å². The molecule has 1 atom stereocenters. The van der Waals surface area contributed by atoms with E-state index in [2.05, 4.69) is 15.8 Å². The van der Waals surface area contributed by atoms with E-state index in [0.717, 1.165) is 0 Å². The molecule has 0 fully saturated rings. The molecule has 3 aromatic rings. The summed E-state index contributed by atoms with van der Waals surface area (Å²) < 4.78 is 27.1. The van der Waals surface area contributed by atoms with E-state index in [9.17, 15) is 14.4 Å². The molecule has 2 N–H and O–H groups in total. The number of aromatic nitrogens is 1. The van der Waals surface area contributed by atoms with Crippen molar-refractivity contribution in [3.63, 3.8) is 0 Å². The van der Waals surface area contributed by atoms with E-state index in [4.69, 9.17) is 23.5 Å². The van der Waals surface area contributed by atoms with Gasteiger partial charge in [-0.15, -0.1) is 0 Å². The summed E-state index contributed by atoms with van der Waals surface area (Å²) in [6, 6.07) is 10.4. The van der Waals surface area contributed by atoms with Crippen molar-refractivity contribution in [3.8, 4) is 23.0 Å². The maximum atomic E-state index is 14.0. The van der Waals surface area contributed by atoms with Gasteiger partial charge in [-0.3, -0.25) is 19.3 Å². The van der Waals surface area contributed by atoms with Crippen LogP contribution in [0.4, 0.5) is 11.5 Å². The van der Waals surface area contributed by atoms with Gasteiger partial charge in [0.15, 0.2) is 28.8 Å². The second-order valence-corrected chi connectivity index (χ2v) is 10.4. The number of amides is 3. The number of nitrogens with zero attached hydrogens (tertiary/aromatic N) is 2. The molecule has 0 saturated heterocycles. The minimum absolute atomic E-state index is 0.0338. The predicted octanol–water partition coefficient (Wildman–Crippen LogP) is 4.14. The van der Waals surface area contributed by atoms with E-state index in [1.165, 1.54) is 19.1 Å². The number of nitrogens with one attached hydrogen (secondary N) is 2. The molecule has 3 amide bonds. The lowest BCUT2D eigenvalue weighted by Gasteiger charge is -2.34. The molecule has 2 aromatic carbocycles. The molecule has 1 aliphatic heterocycles. The van der Waals surface area contributed by atoms with Gasteiger partial charge >= 0.3 is 0 Å². The molecule has 1 aromatic heterocycles. The molecule has 2 heterocycles. The molecule has 41 heavy (non-hydrogen) atoms. The average molecular weight is 567 g/mol. The highest BCUT2D eigenvalue weighted by molar-refractivity contribution is 6.03. The third-order valence-corrected chi connectivity index (χ3v) is 6.10. The number of hydrogen-bond donors (Lipinski definition) is 2. The highest BCUT2D eigenvalue weighted by Gasteiger charge is 2.37. The lowest BCUT2D eigenvalue weighted by Crippen LogP contribution is -2.49. The largest absolute Gasteiger partial charge is 0.493 e. The number of aryl methyl sites for hydroxylation is 1. The molecule has 218 valence electrons. The zero-order valence-corrected chi connectivity index (χ0v) is 23.9. The van der Waals surface area contributed by atoms with Crippen LogP contribution in [-0.4, -0.2) is 49.4 Å². The number of carbonyl (C=O) groups is 3. The molecule has 1 aliphatic rings. The van der Waals surface area contributed by atoms with Crippen molar-refractivity contribution < 1.29 is 37.9 Å². The summed E-state index contributed by atoms with van der Waals surface area (Å²) in [6.45, 7) is 7.26. The summed E-state index contributed by atoms with van der Waals surface area (Å²) in [5.41, 5.74) is 0.133. The van der Waals surface area contributed by atoms with E-state index in [1.54, 1.807) is 49.4 Å². The van der Waals surface area contributed by atoms with Crippen LogP contribution < -0.4 is 34.5 Å². The number of carbonyl (C=O) groups excluding carboxylic acids is 3. The SMILES string of the molecule is COc1cccc(C(C(=O)NC(C)(C)C)N(C(=O)CCC(=O)Nc2cc(C)on2)c2ccc3c(c2)OCO3)c1OC. The third-order valence-electron chi connectivity index (χ3n) is 6.10. The zero-order chi connectivity index (χ0) is 29.7. The highest BCUT2D eigenvalue weighted by Crippen LogP contribution is 2.42. The summed E-state index contributed by atoms with van der Waals surface area (Å²) in [5, 5.41) is 9.35. The summed E-state index contributed by atoms with van der Waals surface area (Å²) in [7, 11) is 2.95. The van der Waals surface area contributed by atoms with Crippen LogP contribution in [0.5, 0.6) is 23.0 Å². The van der Waals surface area contributed by atoms with Gasteiger partial charge in [0, 0.05) is 41.8 Å². The van der Waals surface area contributed by atoms with Gasteiger partial charge in [-0.25, -0.2) is 0 Å². The quantitative estimate of drug-likeness (QED) is 0.370.